The molecule has 2 aliphatic heterocycles. The predicted octanol–water partition coefficient (Wildman–Crippen LogP) is 0.998. The number of hydrogen-bond donors (Lipinski definition) is 1. The van der Waals surface area contributed by atoms with E-state index in [1.54, 1.807) is 0 Å². The Labute approximate surface area is 91.2 Å². The van der Waals surface area contributed by atoms with Crippen LogP contribution in [-0.4, -0.2) is 37.0 Å². The van der Waals surface area contributed by atoms with Crippen molar-refractivity contribution in [1.82, 2.24) is 10.2 Å². The van der Waals surface area contributed by atoms with Crippen molar-refractivity contribution < 1.29 is 4.79 Å². The van der Waals surface area contributed by atoms with E-state index in [9.17, 15) is 4.79 Å². The molecule has 0 aromatic rings. The summed E-state index contributed by atoms with van der Waals surface area (Å²) in [5, 5.41) is 3.36. The number of amides is 1. The first-order valence-electron chi connectivity index (χ1n) is 6.30. The van der Waals surface area contributed by atoms with Gasteiger partial charge in [-0.05, 0) is 44.6 Å². The topological polar surface area (TPSA) is 32.3 Å². The molecule has 0 bridgehead atoms. The van der Waals surface area contributed by atoms with Gasteiger partial charge in [0.15, 0.2) is 0 Å². The number of hydrogen-bond acceptors (Lipinski definition) is 2. The van der Waals surface area contributed by atoms with Gasteiger partial charge in [-0.3, -0.25) is 4.79 Å². The SMILES string of the molecule is O=C1N(CC2CC2)CCC[C@]12CCNC2. The highest BCUT2D eigenvalue weighted by Gasteiger charge is 2.46. The zero-order chi connectivity index (χ0) is 10.3. The maximum absolute atomic E-state index is 12.4. The Kier molecular flexibility index (Phi) is 2.23. The first kappa shape index (κ1) is 9.64. The van der Waals surface area contributed by atoms with Crippen molar-refractivity contribution in [3.63, 3.8) is 0 Å². The number of likely N-dealkylation sites (tertiary alicyclic amines) is 1. The lowest BCUT2D eigenvalue weighted by molar-refractivity contribution is -0.145. The molecule has 84 valence electrons. The minimum Gasteiger partial charge on any atom is -0.342 e. The lowest BCUT2D eigenvalue weighted by Crippen LogP contribution is -2.50. The van der Waals surface area contributed by atoms with Gasteiger partial charge in [0.25, 0.3) is 0 Å². The van der Waals surface area contributed by atoms with Gasteiger partial charge in [0, 0.05) is 19.6 Å². The number of carbonyl (C=O) groups is 1. The van der Waals surface area contributed by atoms with Crippen LogP contribution < -0.4 is 5.32 Å². The van der Waals surface area contributed by atoms with E-state index in [1.165, 1.54) is 19.3 Å². The molecule has 1 amide bonds. The molecule has 0 aromatic heterocycles. The fraction of sp³-hybridized carbons (Fsp3) is 0.917. The summed E-state index contributed by atoms with van der Waals surface area (Å²) in [4.78, 5) is 14.5. The van der Waals surface area contributed by atoms with Crippen molar-refractivity contribution in [2.75, 3.05) is 26.2 Å². The third-order valence-corrected chi connectivity index (χ3v) is 4.24. The van der Waals surface area contributed by atoms with E-state index in [0.29, 0.717) is 5.91 Å². The number of nitrogens with zero attached hydrogens (tertiary/aromatic N) is 1. The Morgan fingerprint density at radius 2 is 2.27 bits per heavy atom. The molecule has 0 radical (unpaired) electrons. The number of carbonyl (C=O) groups excluding carboxylic acids is 1. The van der Waals surface area contributed by atoms with E-state index in [0.717, 1.165) is 44.9 Å². The molecule has 3 rings (SSSR count). The molecule has 1 aliphatic carbocycles. The lowest BCUT2D eigenvalue weighted by Gasteiger charge is -2.39. The summed E-state index contributed by atoms with van der Waals surface area (Å²) < 4.78 is 0. The first-order chi connectivity index (χ1) is 7.30. The van der Waals surface area contributed by atoms with Crippen molar-refractivity contribution in [3.05, 3.63) is 0 Å². The van der Waals surface area contributed by atoms with Crippen molar-refractivity contribution in [1.29, 1.82) is 0 Å². The summed E-state index contributed by atoms with van der Waals surface area (Å²) in [6.45, 7) is 4.01. The smallest absolute Gasteiger partial charge is 0.230 e. The predicted molar refractivity (Wildman–Crippen MR) is 58.5 cm³/mol. The zero-order valence-corrected chi connectivity index (χ0v) is 9.30. The van der Waals surface area contributed by atoms with Crippen LogP contribution in [0.5, 0.6) is 0 Å². The second-order valence-electron chi connectivity index (χ2n) is 5.51. The van der Waals surface area contributed by atoms with Gasteiger partial charge < -0.3 is 10.2 Å². The third kappa shape index (κ3) is 1.67. The molecular weight excluding hydrogens is 188 g/mol. The Morgan fingerprint density at radius 1 is 1.40 bits per heavy atom. The van der Waals surface area contributed by atoms with Gasteiger partial charge in [0.2, 0.25) is 5.91 Å². The molecule has 15 heavy (non-hydrogen) atoms. The Morgan fingerprint density at radius 3 is 2.93 bits per heavy atom. The Bertz CT molecular complexity index is 267. The van der Waals surface area contributed by atoms with Gasteiger partial charge in [-0.15, -0.1) is 0 Å². The molecule has 3 fully saturated rings. The summed E-state index contributed by atoms with van der Waals surface area (Å²) in [6.07, 6.45) is 6.07. The zero-order valence-electron chi connectivity index (χ0n) is 9.30. The van der Waals surface area contributed by atoms with Crippen molar-refractivity contribution >= 4 is 5.91 Å². The molecule has 3 aliphatic rings. The van der Waals surface area contributed by atoms with Gasteiger partial charge in [0.05, 0.1) is 5.41 Å². The monoisotopic (exact) mass is 208 g/mol. The van der Waals surface area contributed by atoms with Crippen molar-refractivity contribution in [2.45, 2.75) is 32.1 Å². The highest BCUT2D eigenvalue weighted by molar-refractivity contribution is 5.84. The summed E-state index contributed by atoms with van der Waals surface area (Å²) in [5.41, 5.74) is -0.00681. The molecule has 1 saturated carbocycles. The summed E-state index contributed by atoms with van der Waals surface area (Å²) in [5.74, 6) is 1.28. The van der Waals surface area contributed by atoms with Crippen LogP contribution in [0.15, 0.2) is 0 Å². The average Bonchev–Trinajstić information content (AvgIpc) is 2.92. The molecule has 1 spiro atoms. The average molecular weight is 208 g/mol. The molecule has 2 saturated heterocycles. The number of nitrogens with one attached hydrogen (secondary N) is 1. The third-order valence-electron chi connectivity index (χ3n) is 4.24. The normalized spacial score (nSPS) is 36.5. The van der Waals surface area contributed by atoms with Crippen LogP contribution in [-0.2, 0) is 4.79 Å². The molecule has 2 heterocycles. The van der Waals surface area contributed by atoms with Crippen LogP contribution in [0.3, 0.4) is 0 Å². The van der Waals surface area contributed by atoms with Gasteiger partial charge in [-0.2, -0.15) is 0 Å². The lowest BCUT2D eigenvalue weighted by atomic mass is 9.78. The minimum absolute atomic E-state index is 0.00681. The molecule has 1 N–H and O–H groups in total. The van der Waals surface area contributed by atoms with Gasteiger partial charge >= 0.3 is 0 Å². The quantitative estimate of drug-likeness (QED) is 0.734. The van der Waals surface area contributed by atoms with Crippen LogP contribution in [0.4, 0.5) is 0 Å². The van der Waals surface area contributed by atoms with Crippen LogP contribution in [0, 0.1) is 11.3 Å². The fourth-order valence-electron chi connectivity index (χ4n) is 3.08. The van der Waals surface area contributed by atoms with Gasteiger partial charge in [0.1, 0.15) is 0 Å². The maximum Gasteiger partial charge on any atom is 0.230 e. The second-order valence-corrected chi connectivity index (χ2v) is 5.51. The van der Waals surface area contributed by atoms with E-state index >= 15 is 0 Å². The molecule has 1 atom stereocenters. The highest BCUT2D eigenvalue weighted by atomic mass is 16.2. The van der Waals surface area contributed by atoms with E-state index in [2.05, 4.69) is 10.2 Å². The molecule has 3 heteroatoms. The first-order valence-corrected chi connectivity index (χ1v) is 6.30. The molecule has 3 nitrogen and oxygen atoms in total. The number of rotatable bonds is 2. The Balaban J connectivity index is 1.71. The highest BCUT2D eigenvalue weighted by Crippen LogP contribution is 2.39. The van der Waals surface area contributed by atoms with Crippen molar-refractivity contribution in [3.8, 4) is 0 Å². The summed E-state index contributed by atoms with van der Waals surface area (Å²) in [6, 6.07) is 0. The molecule has 0 aromatic carbocycles. The fourth-order valence-corrected chi connectivity index (χ4v) is 3.08. The largest absolute Gasteiger partial charge is 0.342 e. The van der Waals surface area contributed by atoms with E-state index in [4.69, 9.17) is 0 Å². The van der Waals surface area contributed by atoms with E-state index in [-0.39, 0.29) is 5.41 Å². The maximum atomic E-state index is 12.4. The van der Waals surface area contributed by atoms with Crippen LogP contribution in [0.25, 0.3) is 0 Å². The second kappa shape index (κ2) is 3.48. The number of piperidine rings is 1. The van der Waals surface area contributed by atoms with Crippen molar-refractivity contribution in [2.24, 2.45) is 11.3 Å². The molecular formula is C12H20N2O. The van der Waals surface area contributed by atoms with E-state index in [1.807, 2.05) is 0 Å². The Hall–Kier alpha value is -0.570. The minimum atomic E-state index is -0.00681. The van der Waals surface area contributed by atoms with Crippen LogP contribution in [0.2, 0.25) is 0 Å². The van der Waals surface area contributed by atoms with Crippen LogP contribution in [0.1, 0.15) is 32.1 Å². The van der Waals surface area contributed by atoms with Crippen LogP contribution >= 0.6 is 0 Å². The van der Waals surface area contributed by atoms with Gasteiger partial charge in [-0.25, -0.2) is 0 Å². The van der Waals surface area contributed by atoms with E-state index < -0.39 is 0 Å². The molecule has 0 unspecified atom stereocenters. The standard InChI is InChI=1S/C12H20N2O/c15-11-12(5-6-13-9-12)4-1-7-14(11)8-10-2-3-10/h10,13H,1-9H2/t12-/m1/s1. The summed E-state index contributed by atoms with van der Waals surface area (Å²) >= 11 is 0. The summed E-state index contributed by atoms with van der Waals surface area (Å²) in [7, 11) is 0. The van der Waals surface area contributed by atoms with Gasteiger partial charge in [-0.1, -0.05) is 0 Å².